The summed E-state index contributed by atoms with van der Waals surface area (Å²) in [6.45, 7) is 1.57. The Hall–Kier alpha value is -2.42. The third kappa shape index (κ3) is 5.29. The van der Waals surface area contributed by atoms with E-state index in [0.29, 0.717) is 24.8 Å². The lowest BCUT2D eigenvalue weighted by atomic mass is 9.97. The van der Waals surface area contributed by atoms with Gasteiger partial charge in [0.25, 0.3) is 0 Å². The Morgan fingerprint density at radius 3 is 2.63 bits per heavy atom. The molecule has 1 atom stereocenters. The van der Waals surface area contributed by atoms with Crippen LogP contribution in [0.4, 0.5) is 0 Å². The molecule has 1 aromatic carbocycles. The van der Waals surface area contributed by atoms with E-state index in [0.717, 1.165) is 18.1 Å². The number of hydrogen-bond donors (Lipinski definition) is 3. The number of amides is 1. The van der Waals surface area contributed by atoms with E-state index >= 15 is 0 Å². The van der Waals surface area contributed by atoms with Crippen LogP contribution in [0, 0.1) is 6.92 Å². The Bertz CT molecular complexity index is 735. The highest BCUT2D eigenvalue weighted by Crippen LogP contribution is 2.40. The number of hydrogen-bond acceptors (Lipinski definition) is 8. The van der Waals surface area contributed by atoms with Crippen molar-refractivity contribution < 1.29 is 33.5 Å². The van der Waals surface area contributed by atoms with Crippen molar-refractivity contribution in [1.82, 2.24) is 5.32 Å². The van der Waals surface area contributed by atoms with E-state index in [-0.39, 0.29) is 53.1 Å². The van der Waals surface area contributed by atoms with Crippen LogP contribution < -0.4 is 9.50 Å². The molecular formula is C18H23NO7S. The molecule has 9 heteroatoms. The third-order valence-corrected chi connectivity index (χ3v) is 5.03. The van der Waals surface area contributed by atoms with Crippen LogP contribution in [0.5, 0.6) is 17.2 Å². The van der Waals surface area contributed by atoms with Gasteiger partial charge in [-0.05, 0) is 19.8 Å². The molecule has 3 N–H and O–H groups in total. The van der Waals surface area contributed by atoms with E-state index in [4.69, 9.17) is 8.92 Å². The van der Waals surface area contributed by atoms with Crippen molar-refractivity contribution in [3.05, 3.63) is 17.2 Å². The highest BCUT2D eigenvalue weighted by atomic mass is 32.2. The van der Waals surface area contributed by atoms with Gasteiger partial charge >= 0.3 is 5.97 Å². The van der Waals surface area contributed by atoms with Crippen LogP contribution in [0.3, 0.4) is 0 Å². The summed E-state index contributed by atoms with van der Waals surface area (Å²) in [5.74, 6) is -1.78. The van der Waals surface area contributed by atoms with Gasteiger partial charge in [-0.1, -0.05) is 6.42 Å². The van der Waals surface area contributed by atoms with Crippen molar-refractivity contribution >= 4 is 29.7 Å². The largest absolute Gasteiger partial charge is 0.508 e. The molecule has 0 aromatic heterocycles. The maximum absolute atomic E-state index is 12.6. The average molecular weight is 397 g/mol. The van der Waals surface area contributed by atoms with Crippen LogP contribution in [-0.2, 0) is 14.3 Å². The quantitative estimate of drug-likeness (QED) is 0.487. The first-order valence-electron chi connectivity index (χ1n) is 8.60. The minimum absolute atomic E-state index is 0.0193. The Balaban J connectivity index is 2.32. The number of fused-ring (bicyclic) bond motifs is 1. The van der Waals surface area contributed by atoms with Gasteiger partial charge in [-0.25, -0.2) is 4.79 Å². The summed E-state index contributed by atoms with van der Waals surface area (Å²) >= 11 is 0.798. The van der Waals surface area contributed by atoms with Crippen LogP contribution >= 0.6 is 12.0 Å². The number of benzene rings is 1. The third-order valence-electron chi connectivity index (χ3n) is 4.28. The predicted molar refractivity (Wildman–Crippen MR) is 99.0 cm³/mol. The van der Waals surface area contributed by atoms with Gasteiger partial charge in [0, 0.05) is 24.5 Å². The number of phenolic OH excluding ortho intramolecular Hbond substituents is 2. The number of nitrogens with one attached hydrogen (secondary N) is 1. The summed E-state index contributed by atoms with van der Waals surface area (Å²) in [7, 11) is 1.22. The van der Waals surface area contributed by atoms with Gasteiger partial charge in [-0.15, -0.1) is 0 Å². The number of phenols is 2. The molecule has 0 spiro atoms. The van der Waals surface area contributed by atoms with Gasteiger partial charge in [0.1, 0.15) is 11.8 Å². The normalized spacial score (nSPS) is 19.3. The van der Waals surface area contributed by atoms with Gasteiger partial charge in [-0.2, -0.15) is 0 Å². The standard InChI is InChI=1S/C18H23NO7S/c1-10-13(21)8-14(22)17-16(10)12(20)6-4-3-5-7-15(23)19-11(9-27-26-17)18(24)25-2/h8,11,21-22H,3-7,9H2,1-2H3,(H,19,23)/t11-/m0/s1. The van der Waals surface area contributed by atoms with Crippen molar-refractivity contribution in [2.45, 2.75) is 45.1 Å². The number of ether oxygens (including phenoxy) is 1. The molecule has 1 aliphatic heterocycles. The lowest BCUT2D eigenvalue weighted by Crippen LogP contribution is -2.43. The first kappa shape index (κ1) is 20.9. The fraction of sp³-hybridized carbons (Fsp3) is 0.500. The molecule has 1 amide bonds. The average Bonchev–Trinajstić information content (AvgIpc) is 2.63. The van der Waals surface area contributed by atoms with Gasteiger partial charge < -0.3 is 24.4 Å². The summed E-state index contributed by atoms with van der Waals surface area (Å²) in [4.78, 5) is 36.5. The maximum Gasteiger partial charge on any atom is 0.329 e. The fourth-order valence-corrected chi connectivity index (χ4v) is 3.47. The lowest BCUT2D eigenvalue weighted by molar-refractivity contribution is -0.144. The Morgan fingerprint density at radius 1 is 1.22 bits per heavy atom. The molecule has 1 heterocycles. The SMILES string of the molecule is COC(=O)[C@@H]1CSOc2c(O)cc(O)c(C)c2C(=O)CCCCCC(=O)N1. The van der Waals surface area contributed by atoms with Crippen LogP contribution in [0.25, 0.3) is 0 Å². The van der Waals surface area contributed by atoms with Crippen LogP contribution in [0.2, 0.25) is 0 Å². The summed E-state index contributed by atoms with van der Waals surface area (Å²) in [6.07, 6.45) is 2.22. The molecule has 0 radical (unpaired) electrons. The smallest absolute Gasteiger partial charge is 0.329 e. The number of ketones is 1. The first-order chi connectivity index (χ1) is 12.8. The topological polar surface area (TPSA) is 122 Å². The summed E-state index contributed by atoms with van der Waals surface area (Å²) in [5.41, 5.74) is 0.439. The zero-order valence-corrected chi connectivity index (χ0v) is 16.1. The highest BCUT2D eigenvalue weighted by Gasteiger charge is 2.26. The number of carbonyl (C=O) groups excluding carboxylic acids is 3. The van der Waals surface area contributed by atoms with Crippen molar-refractivity contribution in [3.63, 3.8) is 0 Å². The van der Waals surface area contributed by atoms with Crippen molar-refractivity contribution in [1.29, 1.82) is 0 Å². The molecule has 0 aliphatic carbocycles. The number of Topliss-reactive ketones (excluding diaryl/α,β-unsaturated/α-hetero) is 1. The van der Waals surface area contributed by atoms with Gasteiger partial charge in [-0.3, -0.25) is 9.59 Å². The second-order valence-corrected chi connectivity index (χ2v) is 6.97. The molecule has 0 bridgehead atoms. The fourth-order valence-electron chi connectivity index (χ4n) is 2.76. The van der Waals surface area contributed by atoms with Gasteiger partial charge in [0.15, 0.2) is 17.3 Å². The molecule has 0 saturated carbocycles. The molecule has 1 aliphatic rings. The minimum atomic E-state index is -0.921. The summed E-state index contributed by atoms with van der Waals surface area (Å²) in [5, 5.41) is 22.7. The molecule has 1 aromatic rings. The van der Waals surface area contributed by atoms with E-state index in [9.17, 15) is 24.6 Å². The molecule has 27 heavy (non-hydrogen) atoms. The number of carbonyl (C=O) groups is 3. The van der Waals surface area contributed by atoms with Crippen molar-refractivity contribution in [2.75, 3.05) is 12.9 Å². The number of methoxy groups -OCH3 is 1. The maximum atomic E-state index is 12.6. The zero-order valence-electron chi connectivity index (χ0n) is 15.2. The van der Waals surface area contributed by atoms with E-state index < -0.39 is 12.0 Å². The molecular weight excluding hydrogens is 374 g/mol. The monoisotopic (exact) mass is 397 g/mol. The Labute approximate surface area is 161 Å². The highest BCUT2D eigenvalue weighted by molar-refractivity contribution is 7.95. The van der Waals surface area contributed by atoms with Crippen LogP contribution in [0.1, 0.15) is 48.0 Å². The zero-order chi connectivity index (χ0) is 20.0. The van der Waals surface area contributed by atoms with Crippen LogP contribution in [-0.4, -0.2) is 46.8 Å². The first-order valence-corrected chi connectivity index (χ1v) is 9.51. The molecule has 0 unspecified atom stereocenters. The minimum Gasteiger partial charge on any atom is -0.508 e. The second-order valence-electron chi connectivity index (χ2n) is 6.24. The molecule has 148 valence electrons. The van der Waals surface area contributed by atoms with E-state index in [1.165, 1.54) is 7.11 Å². The number of esters is 1. The number of rotatable bonds is 1. The summed E-state index contributed by atoms with van der Waals surface area (Å²) in [6, 6.07) is 0.181. The Morgan fingerprint density at radius 2 is 1.93 bits per heavy atom. The number of aromatic hydroxyl groups is 2. The molecule has 0 saturated heterocycles. The second kappa shape index (κ2) is 9.50. The van der Waals surface area contributed by atoms with Gasteiger partial charge in [0.05, 0.1) is 30.5 Å². The lowest BCUT2D eigenvalue weighted by Gasteiger charge is -2.18. The summed E-state index contributed by atoms with van der Waals surface area (Å²) < 4.78 is 10.2. The molecule has 0 fully saturated rings. The molecule has 8 nitrogen and oxygen atoms in total. The van der Waals surface area contributed by atoms with E-state index in [2.05, 4.69) is 5.32 Å². The van der Waals surface area contributed by atoms with Crippen LogP contribution in [0.15, 0.2) is 6.07 Å². The van der Waals surface area contributed by atoms with Gasteiger partial charge in [0.2, 0.25) is 5.91 Å². The van der Waals surface area contributed by atoms with E-state index in [1.54, 1.807) is 6.92 Å². The predicted octanol–water partition coefficient (Wildman–Crippen LogP) is 2.24. The Kier molecular flexibility index (Phi) is 7.35. The molecule has 2 rings (SSSR count). The van der Waals surface area contributed by atoms with Crippen molar-refractivity contribution in [2.24, 2.45) is 0 Å². The van der Waals surface area contributed by atoms with E-state index in [1.807, 2.05) is 0 Å². The van der Waals surface area contributed by atoms with Crippen molar-refractivity contribution in [3.8, 4) is 17.2 Å².